The fourth-order valence-corrected chi connectivity index (χ4v) is 4.31. The van der Waals surface area contributed by atoms with Crippen LogP contribution in [0.25, 0.3) is 0 Å². The maximum Gasteiger partial charge on any atom is 0.307 e. The molecule has 1 aliphatic rings. The van der Waals surface area contributed by atoms with E-state index >= 15 is 0 Å². The molecule has 0 saturated heterocycles. The quantitative estimate of drug-likeness (QED) is 0.275. The number of anilines is 1. The van der Waals surface area contributed by atoms with Gasteiger partial charge >= 0.3 is 5.97 Å². The van der Waals surface area contributed by atoms with Crippen LogP contribution < -0.4 is 9.64 Å². The molecule has 3 aromatic carbocycles. The Kier molecular flexibility index (Phi) is 8.02. The summed E-state index contributed by atoms with van der Waals surface area (Å²) in [5.41, 5.74) is 1.90. The first-order valence-corrected chi connectivity index (χ1v) is 12.4. The Morgan fingerprint density at radius 3 is 2.40 bits per heavy atom. The number of nitrogens with zero attached hydrogens (tertiary/aromatic N) is 2. The maximum absolute atomic E-state index is 13.3. The van der Waals surface area contributed by atoms with Gasteiger partial charge in [-0.25, -0.2) is 0 Å². The van der Waals surface area contributed by atoms with Gasteiger partial charge in [0.25, 0.3) is 5.91 Å². The van der Waals surface area contributed by atoms with Crippen LogP contribution in [0.3, 0.4) is 0 Å². The fraction of sp³-hybridized carbons (Fsp3) is 0.222. The molecule has 0 fully saturated rings. The largest absolute Gasteiger partial charge is 0.466 e. The van der Waals surface area contributed by atoms with E-state index in [1.807, 2.05) is 60.7 Å². The number of carbonyl (C=O) groups is 3. The number of ether oxygens (including phenoxy) is 2. The molecule has 35 heavy (non-hydrogen) atoms. The summed E-state index contributed by atoms with van der Waals surface area (Å²) in [5, 5.41) is 0. The van der Waals surface area contributed by atoms with E-state index in [9.17, 15) is 14.4 Å². The minimum absolute atomic E-state index is 0.0367. The Bertz CT molecular complexity index is 1210. The summed E-state index contributed by atoms with van der Waals surface area (Å²) >= 11 is 2.14. The van der Waals surface area contributed by atoms with E-state index in [2.05, 4.69) is 22.6 Å². The number of amides is 2. The number of rotatable bonds is 8. The summed E-state index contributed by atoms with van der Waals surface area (Å²) in [4.78, 5) is 41.5. The van der Waals surface area contributed by atoms with Gasteiger partial charge in [0.2, 0.25) is 5.91 Å². The van der Waals surface area contributed by atoms with Crippen LogP contribution >= 0.6 is 22.6 Å². The molecule has 0 aliphatic carbocycles. The first kappa shape index (κ1) is 24.7. The van der Waals surface area contributed by atoms with E-state index in [1.165, 1.54) is 4.90 Å². The lowest BCUT2D eigenvalue weighted by molar-refractivity contribution is -0.143. The lowest BCUT2D eigenvalue weighted by Gasteiger charge is -2.23. The standard InChI is InChI=1S/C27H25IN2O5/c1-2-34-26(32)14-15-29-18-25(31)30(24-13-10-20(28)16-23(24)27(29)33)17-19-8-11-22(12-9-19)35-21-6-4-3-5-7-21/h3-13,16H,2,14-15,17-18H2,1H3. The van der Waals surface area contributed by atoms with E-state index in [0.29, 0.717) is 23.5 Å². The number of carbonyl (C=O) groups excluding carboxylic acids is 3. The second-order valence-corrected chi connectivity index (χ2v) is 9.23. The van der Waals surface area contributed by atoms with Gasteiger partial charge in [0.1, 0.15) is 18.0 Å². The highest BCUT2D eigenvalue weighted by atomic mass is 127. The smallest absolute Gasteiger partial charge is 0.307 e. The zero-order valence-corrected chi connectivity index (χ0v) is 21.4. The Morgan fingerprint density at radius 2 is 1.69 bits per heavy atom. The van der Waals surface area contributed by atoms with Crippen molar-refractivity contribution in [2.75, 3.05) is 24.6 Å². The highest BCUT2D eigenvalue weighted by Crippen LogP contribution is 2.30. The average Bonchev–Trinajstić information content (AvgIpc) is 2.95. The van der Waals surface area contributed by atoms with Crippen LogP contribution in [0, 0.1) is 3.57 Å². The molecule has 0 bridgehead atoms. The van der Waals surface area contributed by atoms with Crippen molar-refractivity contribution < 1.29 is 23.9 Å². The molecule has 3 aromatic rings. The minimum atomic E-state index is -0.394. The van der Waals surface area contributed by atoms with Gasteiger partial charge in [-0.2, -0.15) is 0 Å². The Balaban J connectivity index is 1.55. The summed E-state index contributed by atoms with van der Waals surface area (Å²) in [6.07, 6.45) is 0.0367. The SMILES string of the molecule is CCOC(=O)CCN1CC(=O)N(Cc2ccc(Oc3ccccc3)cc2)c2ccc(I)cc2C1=O. The second-order valence-electron chi connectivity index (χ2n) is 7.98. The summed E-state index contributed by atoms with van der Waals surface area (Å²) in [5.74, 6) is 0.553. The van der Waals surface area contributed by atoms with E-state index in [4.69, 9.17) is 9.47 Å². The molecule has 0 saturated carbocycles. The molecular weight excluding hydrogens is 559 g/mol. The highest BCUT2D eigenvalue weighted by Gasteiger charge is 2.32. The average molecular weight is 584 g/mol. The van der Waals surface area contributed by atoms with E-state index in [1.54, 1.807) is 24.0 Å². The van der Waals surface area contributed by atoms with Crippen molar-refractivity contribution in [1.82, 2.24) is 4.90 Å². The normalized spacial score (nSPS) is 13.3. The maximum atomic E-state index is 13.3. The molecule has 0 N–H and O–H groups in total. The predicted octanol–water partition coefficient (Wildman–Crippen LogP) is 5.03. The molecule has 1 aliphatic heterocycles. The third kappa shape index (κ3) is 6.19. The van der Waals surface area contributed by atoms with Gasteiger partial charge in [-0.05, 0) is 77.5 Å². The number of hydrogen-bond acceptors (Lipinski definition) is 5. The summed E-state index contributed by atoms with van der Waals surface area (Å²) < 4.78 is 11.7. The molecule has 8 heteroatoms. The van der Waals surface area contributed by atoms with Crippen LogP contribution in [0.1, 0.15) is 29.3 Å². The first-order valence-electron chi connectivity index (χ1n) is 11.3. The lowest BCUT2D eigenvalue weighted by atomic mass is 10.1. The highest BCUT2D eigenvalue weighted by molar-refractivity contribution is 14.1. The van der Waals surface area contributed by atoms with Gasteiger partial charge in [0, 0.05) is 10.1 Å². The molecule has 0 unspecified atom stereocenters. The molecule has 0 radical (unpaired) electrons. The molecule has 1 heterocycles. The summed E-state index contributed by atoms with van der Waals surface area (Å²) in [6, 6.07) is 22.5. The van der Waals surface area contributed by atoms with Gasteiger partial charge in [-0.3, -0.25) is 14.4 Å². The number of fused-ring (bicyclic) bond motifs is 1. The molecule has 4 rings (SSSR count). The second kappa shape index (κ2) is 11.4. The molecule has 2 amide bonds. The van der Waals surface area contributed by atoms with Crippen LogP contribution in [0.15, 0.2) is 72.8 Å². The van der Waals surface area contributed by atoms with Crippen molar-refractivity contribution in [3.05, 3.63) is 87.5 Å². The van der Waals surface area contributed by atoms with Gasteiger partial charge in [-0.15, -0.1) is 0 Å². The van der Waals surface area contributed by atoms with Gasteiger partial charge in [0.15, 0.2) is 0 Å². The number of hydrogen-bond donors (Lipinski definition) is 0. The van der Waals surface area contributed by atoms with E-state index in [0.717, 1.165) is 14.9 Å². The zero-order chi connectivity index (χ0) is 24.8. The molecule has 7 nitrogen and oxygen atoms in total. The van der Waals surface area contributed by atoms with Crippen LogP contribution in [0.2, 0.25) is 0 Å². The lowest BCUT2D eigenvalue weighted by Crippen LogP contribution is -2.40. The Morgan fingerprint density at radius 1 is 0.971 bits per heavy atom. The zero-order valence-electron chi connectivity index (χ0n) is 19.3. The molecule has 0 aromatic heterocycles. The van der Waals surface area contributed by atoms with Crippen molar-refractivity contribution in [2.24, 2.45) is 0 Å². The third-order valence-corrected chi connectivity index (χ3v) is 6.20. The molecule has 0 spiro atoms. The Labute approximate surface area is 217 Å². The van der Waals surface area contributed by atoms with Crippen LogP contribution in [-0.4, -0.2) is 42.4 Å². The number of halogens is 1. The van der Waals surface area contributed by atoms with Crippen molar-refractivity contribution >= 4 is 46.1 Å². The van der Waals surface area contributed by atoms with Crippen molar-refractivity contribution in [3.63, 3.8) is 0 Å². The minimum Gasteiger partial charge on any atom is -0.466 e. The molecular formula is C27H25IN2O5. The summed E-state index contributed by atoms with van der Waals surface area (Å²) in [6.45, 7) is 2.31. The van der Waals surface area contributed by atoms with Gasteiger partial charge < -0.3 is 19.3 Å². The first-order chi connectivity index (χ1) is 16.9. The third-order valence-electron chi connectivity index (χ3n) is 5.53. The van der Waals surface area contributed by atoms with Crippen molar-refractivity contribution in [3.8, 4) is 11.5 Å². The number of esters is 1. The van der Waals surface area contributed by atoms with E-state index < -0.39 is 5.97 Å². The monoisotopic (exact) mass is 584 g/mol. The number of benzene rings is 3. The van der Waals surface area contributed by atoms with Gasteiger partial charge in [0.05, 0.1) is 30.8 Å². The van der Waals surface area contributed by atoms with E-state index in [-0.39, 0.29) is 37.9 Å². The number of para-hydroxylation sites is 1. The van der Waals surface area contributed by atoms with Crippen molar-refractivity contribution in [1.29, 1.82) is 0 Å². The Hall–Kier alpha value is -3.40. The van der Waals surface area contributed by atoms with Crippen LogP contribution in [0.5, 0.6) is 11.5 Å². The van der Waals surface area contributed by atoms with Crippen molar-refractivity contribution in [2.45, 2.75) is 19.9 Å². The topological polar surface area (TPSA) is 76.2 Å². The fourth-order valence-electron chi connectivity index (χ4n) is 3.82. The van der Waals surface area contributed by atoms with Crippen LogP contribution in [0.4, 0.5) is 5.69 Å². The summed E-state index contributed by atoms with van der Waals surface area (Å²) in [7, 11) is 0. The van der Waals surface area contributed by atoms with Crippen LogP contribution in [-0.2, 0) is 20.9 Å². The molecule has 0 atom stereocenters. The molecule has 180 valence electrons. The predicted molar refractivity (Wildman–Crippen MR) is 140 cm³/mol. The van der Waals surface area contributed by atoms with Gasteiger partial charge in [-0.1, -0.05) is 30.3 Å².